The molecule has 0 amide bonds. The Labute approximate surface area is 84.8 Å². The molecule has 0 aromatic heterocycles. The third-order valence-electron chi connectivity index (χ3n) is 2.46. The van der Waals surface area contributed by atoms with Gasteiger partial charge in [0.15, 0.2) is 0 Å². The fraction of sp³-hybridized carbons (Fsp3) is 0.727. The summed E-state index contributed by atoms with van der Waals surface area (Å²) < 4.78 is 5.04. The minimum absolute atomic E-state index is 0.0405. The first kappa shape index (κ1) is 11.2. The van der Waals surface area contributed by atoms with E-state index in [0.29, 0.717) is 13.0 Å². The summed E-state index contributed by atoms with van der Waals surface area (Å²) in [5.74, 6) is -0.0652. The topological polar surface area (TPSA) is 46.5 Å². The van der Waals surface area contributed by atoms with E-state index in [1.165, 1.54) is 5.57 Å². The molecule has 1 rings (SSSR count). The SMILES string of the molecule is CC1=CCCC(C(=O)OCCCO)C1. The van der Waals surface area contributed by atoms with Crippen LogP contribution in [0.1, 0.15) is 32.6 Å². The van der Waals surface area contributed by atoms with Gasteiger partial charge in [-0.2, -0.15) is 0 Å². The van der Waals surface area contributed by atoms with Gasteiger partial charge in [0, 0.05) is 13.0 Å². The van der Waals surface area contributed by atoms with E-state index in [9.17, 15) is 4.79 Å². The predicted octanol–water partition coefficient (Wildman–Crippen LogP) is 1.66. The second-order valence-electron chi connectivity index (χ2n) is 3.77. The Bertz CT molecular complexity index is 221. The second kappa shape index (κ2) is 5.81. The van der Waals surface area contributed by atoms with Crippen LogP contribution < -0.4 is 0 Å². The minimum atomic E-state index is -0.106. The molecule has 80 valence electrons. The van der Waals surface area contributed by atoms with E-state index in [0.717, 1.165) is 19.3 Å². The van der Waals surface area contributed by atoms with Crippen LogP contribution in [-0.4, -0.2) is 24.3 Å². The molecule has 0 saturated heterocycles. The van der Waals surface area contributed by atoms with Crippen LogP contribution in [0.5, 0.6) is 0 Å². The Balaban J connectivity index is 2.27. The van der Waals surface area contributed by atoms with Crippen molar-refractivity contribution in [3.63, 3.8) is 0 Å². The van der Waals surface area contributed by atoms with Crippen LogP contribution in [0.2, 0.25) is 0 Å². The summed E-state index contributed by atoms with van der Waals surface area (Å²) in [6, 6.07) is 0. The van der Waals surface area contributed by atoms with Gasteiger partial charge < -0.3 is 9.84 Å². The zero-order valence-corrected chi connectivity index (χ0v) is 8.66. The van der Waals surface area contributed by atoms with Gasteiger partial charge in [-0.15, -0.1) is 0 Å². The molecule has 0 heterocycles. The molecule has 1 aliphatic carbocycles. The maximum absolute atomic E-state index is 11.5. The van der Waals surface area contributed by atoms with Crippen molar-refractivity contribution in [1.29, 1.82) is 0 Å². The molecule has 0 saturated carbocycles. The zero-order valence-electron chi connectivity index (χ0n) is 8.66. The smallest absolute Gasteiger partial charge is 0.309 e. The minimum Gasteiger partial charge on any atom is -0.465 e. The fourth-order valence-electron chi connectivity index (χ4n) is 1.66. The van der Waals surface area contributed by atoms with Crippen LogP contribution in [0.4, 0.5) is 0 Å². The average molecular weight is 198 g/mol. The van der Waals surface area contributed by atoms with E-state index in [4.69, 9.17) is 9.84 Å². The van der Waals surface area contributed by atoms with E-state index in [1.807, 2.05) is 6.92 Å². The summed E-state index contributed by atoms with van der Waals surface area (Å²) in [7, 11) is 0. The third kappa shape index (κ3) is 3.50. The molecule has 0 aromatic rings. The van der Waals surface area contributed by atoms with E-state index >= 15 is 0 Å². The lowest BCUT2D eigenvalue weighted by atomic mass is 9.90. The predicted molar refractivity (Wildman–Crippen MR) is 53.8 cm³/mol. The summed E-state index contributed by atoms with van der Waals surface area (Å²) in [6.07, 6.45) is 5.42. The van der Waals surface area contributed by atoms with Crippen molar-refractivity contribution in [3.05, 3.63) is 11.6 Å². The molecule has 0 aromatic carbocycles. The van der Waals surface area contributed by atoms with Crippen molar-refractivity contribution in [3.8, 4) is 0 Å². The van der Waals surface area contributed by atoms with Gasteiger partial charge in [-0.25, -0.2) is 0 Å². The lowest BCUT2D eigenvalue weighted by Gasteiger charge is -2.19. The molecule has 0 aliphatic heterocycles. The summed E-state index contributed by atoms with van der Waals surface area (Å²) in [5, 5.41) is 8.53. The van der Waals surface area contributed by atoms with Crippen molar-refractivity contribution in [1.82, 2.24) is 0 Å². The lowest BCUT2D eigenvalue weighted by Crippen LogP contribution is -2.20. The van der Waals surface area contributed by atoms with E-state index < -0.39 is 0 Å². The van der Waals surface area contributed by atoms with Crippen molar-refractivity contribution < 1.29 is 14.6 Å². The van der Waals surface area contributed by atoms with E-state index in [2.05, 4.69) is 6.08 Å². The largest absolute Gasteiger partial charge is 0.465 e. The highest BCUT2D eigenvalue weighted by molar-refractivity contribution is 5.73. The van der Waals surface area contributed by atoms with Crippen LogP contribution >= 0.6 is 0 Å². The number of allylic oxidation sites excluding steroid dienone is 2. The number of rotatable bonds is 4. The molecule has 0 fully saturated rings. The molecule has 0 radical (unpaired) electrons. The standard InChI is InChI=1S/C11H18O3/c1-9-4-2-5-10(8-9)11(13)14-7-3-6-12/h4,10,12H,2-3,5-8H2,1H3. The van der Waals surface area contributed by atoms with E-state index in [1.54, 1.807) is 0 Å². The van der Waals surface area contributed by atoms with Gasteiger partial charge in [0.1, 0.15) is 0 Å². The summed E-state index contributed by atoms with van der Waals surface area (Å²) in [5.41, 5.74) is 1.28. The Morgan fingerprint density at radius 1 is 1.71 bits per heavy atom. The normalized spacial score (nSPS) is 21.6. The number of ether oxygens (including phenoxy) is 1. The van der Waals surface area contributed by atoms with E-state index in [-0.39, 0.29) is 18.5 Å². The second-order valence-corrected chi connectivity index (χ2v) is 3.77. The number of carbonyl (C=O) groups is 1. The molecular weight excluding hydrogens is 180 g/mol. The number of aliphatic hydroxyl groups is 1. The van der Waals surface area contributed by atoms with Gasteiger partial charge in [-0.05, 0) is 26.2 Å². The van der Waals surface area contributed by atoms with Gasteiger partial charge >= 0.3 is 5.97 Å². The van der Waals surface area contributed by atoms with Crippen molar-refractivity contribution >= 4 is 5.97 Å². The lowest BCUT2D eigenvalue weighted by molar-refractivity contribution is -0.149. The molecule has 1 atom stereocenters. The van der Waals surface area contributed by atoms with Gasteiger partial charge in [0.05, 0.1) is 12.5 Å². The third-order valence-corrected chi connectivity index (χ3v) is 2.46. The summed E-state index contributed by atoms with van der Waals surface area (Å²) >= 11 is 0. The van der Waals surface area contributed by atoms with Gasteiger partial charge in [0.25, 0.3) is 0 Å². The number of hydrogen-bond acceptors (Lipinski definition) is 3. The molecular formula is C11H18O3. The van der Waals surface area contributed by atoms with Crippen LogP contribution in [-0.2, 0) is 9.53 Å². The Kier molecular flexibility index (Phi) is 4.66. The first-order chi connectivity index (χ1) is 6.74. The van der Waals surface area contributed by atoms with Crippen LogP contribution in [0.3, 0.4) is 0 Å². The van der Waals surface area contributed by atoms with Gasteiger partial charge in [0.2, 0.25) is 0 Å². The van der Waals surface area contributed by atoms with Gasteiger partial charge in [-0.3, -0.25) is 4.79 Å². The maximum Gasteiger partial charge on any atom is 0.309 e. The molecule has 0 spiro atoms. The zero-order chi connectivity index (χ0) is 10.4. The van der Waals surface area contributed by atoms with Gasteiger partial charge in [-0.1, -0.05) is 11.6 Å². The molecule has 1 unspecified atom stereocenters. The highest BCUT2D eigenvalue weighted by Gasteiger charge is 2.22. The number of hydrogen-bond donors (Lipinski definition) is 1. The highest BCUT2D eigenvalue weighted by Crippen LogP contribution is 2.24. The molecule has 1 N–H and O–H groups in total. The van der Waals surface area contributed by atoms with Crippen molar-refractivity contribution in [2.75, 3.05) is 13.2 Å². The van der Waals surface area contributed by atoms with Crippen molar-refractivity contribution in [2.24, 2.45) is 5.92 Å². The monoisotopic (exact) mass is 198 g/mol. The number of aliphatic hydroxyl groups excluding tert-OH is 1. The first-order valence-corrected chi connectivity index (χ1v) is 5.17. The van der Waals surface area contributed by atoms with Crippen LogP contribution in [0, 0.1) is 5.92 Å². The molecule has 14 heavy (non-hydrogen) atoms. The fourth-order valence-corrected chi connectivity index (χ4v) is 1.66. The van der Waals surface area contributed by atoms with Crippen LogP contribution in [0.15, 0.2) is 11.6 Å². The maximum atomic E-state index is 11.5. The summed E-state index contributed by atoms with van der Waals surface area (Å²) in [6.45, 7) is 2.47. The molecule has 3 nitrogen and oxygen atoms in total. The Hall–Kier alpha value is -0.830. The number of esters is 1. The quantitative estimate of drug-likeness (QED) is 0.424. The van der Waals surface area contributed by atoms with Crippen molar-refractivity contribution in [2.45, 2.75) is 32.6 Å². The Morgan fingerprint density at radius 2 is 2.50 bits per heavy atom. The number of carbonyl (C=O) groups excluding carboxylic acids is 1. The Morgan fingerprint density at radius 3 is 3.14 bits per heavy atom. The summed E-state index contributed by atoms with van der Waals surface area (Å²) in [4.78, 5) is 11.5. The molecule has 3 heteroatoms. The average Bonchev–Trinajstić information content (AvgIpc) is 2.18. The van der Waals surface area contributed by atoms with Crippen LogP contribution in [0.25, 0.3) is 0 Å². The molecule has 0 bridgehead atoms. The first-order valence-electron chi connectivity index (χ1n) is 5.17. The highest BCUT2D eigenvalue weighted by atomic mass is 16.5. The molecule has 1 aliphatic rings.